The molecule has 0 atom stereocenters. The Balaban J connectivity index is 1.37. The van der Waals surface area contributed by atoms with Gasteiger partial charge in [-0.1, -0.05) is 54.6 Å². The van der Waals surface area contributed by atoms with Crippen molar-refractivity contribution in [2.45, 2.75) is 32.0 Å². The van der Waals surface area contributed by atoms with E-state index in [1.165, 1.54) is 0 Å². The van der Waals surface area contributed by atoms with E-state index in [0.717, 1.165) is 29.7 Å². The van der Waals surface area contributed by atoms with Gasteiger partial charge in [0.25, 0.3) is 5.91 Å². The van der Waals surface area contributed by atoms with Gasteiger partial charge in [0, 0.05) is 19.1 Å². The van der Waals surface area contributed by atoms with E-state index in [0.29, 0.717) is 30.4 Å². The third-order valence-electron chi connectivity index (χ3n) is 5.70. The third kappa shape index (κ3) is 6.43. The highest BCUT2D eigenvalue weighted by molar-refractivity contribution is 6.04. The molecule has 6 nitrogen and oxygen atoms in total. The van der Waals surface area contributed by atoms with E-state index < -0.39 is 0 Å². The van der Waals surface area contributed by atoms with Crippen LogP contribution in [0.25, 0.3) is 0 Å². The van der Waals surface area contributed by atoms with Crippen LogP contribution in [0, 0.1) is 0 Å². The highest BCUT2D eigenvalue weighted by Crippen LogP contribution is 2.28. The highest BCUT2D eigenvalue weighted by Gasteiger charge is 2.30. The first kappa shape index (κ1) is 22.6. The SMILES string of the molecule is COc1ccc(CN(CC(=O)Nc2ccccc2C(=O)NCc2ccccc2)C2CC2)cc1. The minimum Gasteiger partial charge on any atom is -0.497 e. The molecule has 0 spiro atoms. The average molecular weight is 444 g/mol. The minimum atomic E-state index is -0.216. The van der Waals surface area contributed by atoms with Gasteiger partial charge in [0.15, 0.2) is 0 Å². The standard InChI is InChI=1S/C27H29N3O3/c1-33-23-15-11-21(12-16-23)18-30(22-13-14-22)19-26(31)29-25-10-6-5-9-24(25)27(32)28-17-20-7-3-2-4-8-20/h2-12,15-16,22H,13-14,17-19H2,1H3,(H,28,32)(H,29,31). The summed E-state index contributed by atoms with van der Waals surface area (Å²) in [4.78, 5) is 27.9. The second kappa shape index (κ2) is 10.8. The highest BCUT2D eigenvalue weighted by atomic mass is 16.5. The quantitative estimate of drug-likeness (QED) is 0.492. The number of hydrogen-bond donors (Lipinski definition) is 2. The summed E-state index contributed by atoms with van der Waals surface area (Å²) in [5.41, 5.74) is 3.13. The van der Waals surface area contributed by atoms with E-state index >= 15 is 0 Å². The molecule has 0 unspecified atom stereocenters. The Morgan fingerprint density at radius 3 is 2.30 bits per heavy atom. The molecule has 2 N–H and O–H groups in total. The summed E-state index contributed by atoms with van der Waals surface area (Å²) in [6.07, 6.45) is 2.20. The van der Waals surface area contributed by atoms with Crippen molar-refractivity contribution in [2.24, 2.45) is 0 Å². The van der Waals surface area contributed by atoms with Crippen LogP contribution < -0.4 is 15.4 Å². The molecular formula is C27H29N3O3. The number of ether oxygens (including phenoxy) is 1. The third-order valence-corrected chi connectivity index (χ3v) is 5.70. The summed E-state index contributed by atoms with van der Waals surface area (Å²) in [6.45, 7) is 1.40. The van der Waals surface area contributed by atoms with Crippen molar-refractivity contribution < 1.29 is 14.3 Å². The maximum atomic E-state index is 12.9. The predicted octanol–water partition coefficient (Wildman–Crippen LogP) is 4.23. The molecule has 3 aromatic rings. The summed E-state index contributed by atoms with van der Waals surface area (Å²) in [6, 6.07) is 25.2. The van der Waals surface area contributed by atoms with Gasteiger partial charge in [0.05, 0.1) is 24.9 Å². The van der Waals surface area contributed by atoms with Gasteiger partial charge in [0.1, 0.15) is 5.75 Å². The molecule has 1 saturated carbocycles. The molecule has 0 heterocycles. The Kier molecular flexibility index (Phi) is 7.37. The number of para-hydroxylation sites is 1. The smallest absolute Gasteiger partial charge is 0.253 e. The Hall–Kier alpha value is -3.64. The van der Waals surface area contributed by atoms with E-state index in [1.807, 2.05) is 60.7 Å². The molecule has 1 aliphatic carbocycles. The van der Waals surface area contributed by atoms with Crippen LogP contribution in [-0.4, -0.2) is 36.4 Å². The monoisotopic (exact) mass is 443 g/mol. The predicted molar refractivity (Wildman–Crippen MR) is 129 cm³/mol. The second-order valence-electron chi connectivity index (χ2n) is 8.25. The lowest BCUT2D eigenvalue weighted by atomic mass is 10.1. The van der Waals surface area contributed by atoms with Crippen LogP contribution in [0.5, 0.6) is 5.75 Å². The van der Waals surface area contributed by atoms with Crippen molar-refractivity contribution in [3.63, 3.8) is 0 Å². The summed E-state index contributed by atoms with van der Waals surface area (Å²) in [7, 11) is 1.65. The Morgan fingerprint density at radius 2 is 1.61 bits per heavy atom. The van der Waals surface area contributed by atoms with Gasteiger partial charge in [-0.3, -0.25) is 14.5 Å². The average Bonchev–Trinajstić information content (AvgIpc) is 3.69. The molecular weight excluding hydrogens is 414 g/mol. The number of hydrogen-bond acceptors (Lipinski definition) is 4. The van der Waals surface area contributed by atoms with Crippen LogP contribution in [0.1, 0.15) is 34.3 Å². The van der Waals surface area contributed by atoms with Gasteiger partial charge in [-0.05, 0) is 48.2 Å². The topological polar surface area (TPSA) is 70.7 Å². The second-order valence-corrected chi connectivity index (χ2v) is 8.25. The van der Waals surface area contributed by atoms with Gasteiger partial charge >= 0.3 is 0 Å². The number of carbonyl (C=O) groups is 2. The molecule has 0 bridgehead atoms. The van der Waals surface area contributed by atoms with Crippen LogP contribution in [-0.2, 0) is 17.9 Å². The maximum absolute atomic E-state index is 12.9. The molecule has 0 saturated heterocycles. The van der Waals surface area contributed by atoms with E-state index in [1.54, 1.807) is 25.3 Å². The molecule has 0 radical (unpaired) electrons. The van der Waals surface area contributed by atoms with E-state index in [4.69, 9.17) is 4.74 Å². The van der Waals surface area contributed by atoms with Crippen LogP contribution >= 0.6 is 0 Å². The van der Waals surface area contributed by atoms with Gasteiger partial charge in [-0.2, -0.15) is 0 Å². The Bertz CT molecular complexity index is 1080. The minimum absolute atomic E-state index is 0.126. The number of rotatable bonds is 10. The van der Waals surface area contributed by atoms with Crippen LogP contribution in [0.15, 0.2) is 78.9 Å². The Morgan fingerprint density at radius 1 is 0.909 bits per heavy atom. The molecule has 0 aliphatic heterocycles. The van der Waals surface area contributed by atoms with Crippen LogP contribution in [0.2, 0.25) is 0 Å². The van der Waals surface area contributed by atoms with Gasteiger partial charge in [0.2, 0.25) is 5.91 Å². The van der Waals surface area contributed by atoms with Crippen LogP contribution in [0.4, 0.5) is 5.69 Å². The lowest BCUT2D eigenvalue weighted by Crippen LogP contribution is -2.35. The van der Waals surface area contributed by atoms with Crippen molar-refractivity contribution in [1.29, 1.82) is 0 Å². The fourth-order valence-corrected chi connectivity index (χ4v) is 3.76. The first-order chi connectivity index (χ1) is 16.1. The molecule has 1 aliphatic rings. The van der Waals surface area contributed by atoms with Crippen molar-refractivity contribution in [1.82, 2.24) is 10.2 Å². The number of carbonyl (C=O) groups excluding carboxylic acids is 2. The van der Waals surface area contributed by atoms with Gasteiger partial charge < -0.3 is 15.4 Å². The number of nitrogens with zero attached hydrogens (tertiary/aromatic N) is 1. The zero-order valence-corrected chi connectivity index (χ0v) is 18.8. The number of nitrogens with one attached hydrogen (secondary N) is 2. The largest absolute Gasteiger partial charge is 0.497 e. The van der Waals surface area contributed by atoms with Crippen molar-refractivity contribution in [2.75, 3.05) is 19.0 Å². The van der Waals surface area contributed by atoms with E-state index in [-0.39, 0.29) is 18.4 Å². The molecule has 170 valence electrons. The summed E-state index contributed by atoms with van der Waals surface area (Å²) in [5.74, 6) is 0.474. The molecule has 4 rings (SSSR count). The molecule has 2 amide bonds. The van der Waals surface area contributed by atoms with Gasteiger partial charge in [-0.25, -0.2) is 0 Å². The van der Waals surface area contributed by atoms with Crippen LogP contribution in [0.3, 0.4) is 0 Å². The van der Waals surface area contributed by atoms with E-state index in [9.17, 15) is 9.59 Å². The molecule has 3 aromatic carbocycles. The lowest BCUT2D eigenvalue weighted by Gasteiger charge is -2.22. The molecule has 33 heavy (non-hydrogen) atoms. The van der Waals surface area contributed by atoms with E-state index in [2.05, 4.69) is 15.5 Å². The zero-order chi connectivity index (χ0) is 23.0. The molecule has 6 heteroatoms. The normalized spacial score (nSPS) is 12.9. The fraction of sp³-hybridized carbons (Fsp3) is 0.259. The van der Waals surface area contributed by atoms with Crippen molar-refractivity contribution in [3.8, 4) is 5.75 Å². The number of benzene rings is 3. The summed E-state index contributed by atoms with van der Waals surface area (Å²) < 4.78 is 5.23. The van der Waals surface area contributed by atoms with Crippen molar-refractivity contribution >= 4 is 17.5 Å². The molecule has 1 fully saturated rings. The first-order valence-corrected chi connectivity index (χ1v) is 11.2. The Labute approximate surface area is 194 Å². The number of amides is 2. The number of anilines is 1. The molecule has 0 aromatic heterocycles. The fourth-order valence-electron chi connectivity index (χ4n) is 3.76. The van der Waals surface area contributed by atoms with Gasteiger partial charge in [-0.15, -0.1) is 0 Å². The number of methoxy groups -OCH3 is 1. The lowest BCUT2D eigenvalue weighted by molar-refractivity contribution is -0.117. The van der Waals surface area contributed by atoms with Crippen molar-refractivity contribution in [3.05, 3.63) is 95.6 Å². The zero-order valence-electron chi connectivity index (χ0n) is 18.8. The first-order valence-electron chi connectivity index (χ1n) is 11.2. The summed E-state index contributed by atoms with van der Waals surface area (Å²) >= 11 is 0. The summed E-state index contributed by atoms with van der Waals surface area (Å²) in [5, 5.41) is 5.87. The maximum Gasteiger partial charge on any atom is 0.253 e.